The van der Waals surface area contributed by atoms with Gasteiger partial charge in [-0.05, 0) is 29.8 Å². The Balaban J connectivity index is 4.12. The highest BCUT2D eigenvalue weighted by Gasteiger charge is 1.79. The zero-order valence-electron chi connectivity index (χ0n) is 6.87. The van der Waals surface area contributed by atoms with Gasteiger partial charge in [0.2, 0.25) is 0 Å². The van der Waals surface area contributed by atoms with Gasteiger partial charge in [0.05, 0.1) is 0 Å². The molecule has 2 N–H and O–H groups in total. The molecule has 0 radical (unpaired) electrons. The fourth-order valence-electron chi connectivity index (χ4n) is 0.338. The van der Waals surface area contributed by atoms with Crippen LogP contribution in [0.3, 0.4) is 0 Å². The molecule has 0 amide bonds. The van der Waals surface area contributed by atoms with Crippen molar-refractivity contribution in [3.63, 3.8) is 0 Å². The predicted molar refractivity (Wildman–Crippen MR) is 47.7 cm³/mol. The van der Waals surface area contributed by atoms with Crippen molar-refractivity contribution in [2.24, 2.45) is 0 Å². The van der Waals surface area contributed by atoms with Gasteiger partial charge in [-0.1, -0.05) is 5.92 Å². The number of aliphatic carboxylic acids is 2. The molecule has 68 valence electrons. The molecule has 0 fully saturated rings. The van der Waals surface area contributed by atoms with Crippen LogP contribution in [0.1, 0.15) is 0 Å². The quantitative estimate of drug-likeness (QED) is 0.438. The lowest BCUT2D eigenvalue weighted by atomic mass is 10.4. The van der Waals surface area contributed by atoms with Crippen LogP contribution in [0.2, 0.25) is 0 Å². The number of rotatable bonds is 1. The third kappa shape index (κ3) is 9.36. The summed E-state index contributed by atoms with van der Waals surface area (Å²) in [6.07, 6.45) is 1.97. The van der Waals surface area contributed by atoms with E-state index >= 15 is 0 Å². The lowest BCUT2D eigenvalue weighted by molar-refractivity contribution is -0.132. The fourth-order valence-corrected chi connectivity index (χ4v) is 0.338. The van der Waals surface area contributed by atoms with Gasteiger partial charge in [0.15, 0.2) is 0 Å². The summed E-state index contributed by atoms with van der Waals surface area (Å²) in [6.45, 7) is 0. The number of hydrogen-bond acceptors (Lipinski definition) is 2. The highest BCUT2D eigenvalue weighted by atomic mass is 16.4. The van der Waals surface area contributed by atoms with E-state index in [0.717, 1.165) is 12.2 Å². The highest BCUT2D eigenvalue weighted by Crippen LogP contribution is 1.68. The number of hydrogen-bond donors (Lipinski definition) is 2. The molecule has 14 heavy (non-hydrogen) atoms. The minimum absolute atomic E-state index is 0.859. The average molecular weight is 188 g/mol. The van der Waals surface area contributed by atoms with Gasteiger partial charge in [-0.25, -0.2) is 9.59 Å². The largest absolute Gasteiger partial charge is 0.478 e. The van der Waals surface area contributed by atoms with Crippen molar-refractivity contribution < 1.29 is 19.8 Å². The van der Waals surface area contributed by atoms with Gasteiger partial charge in [0.25, 0.3) is 0 Å². The lowest BCUT2D eigenvalue weighted by Crippen LogP contribution is -1.85. The van der Waals surface area contributed by atoms with Crippen LogP contribution in [0.15, 0.2) is 12.2 Å². The second-order valence-corrected chi connectivity index (χ2v) is 1.75. The second-order valence-electron chi connectivity index (χ2n) is 1.75. The highest BCUT2D eigenvalue weighted by molar-refractivity contribution is 5.87. The van der Waals surface area contributed by atoms with Crippen LogP contribution in [0.4, 0.5) is 0 Å². The van der Waals surface area contributed by atoms with Gasteiger partial charge in [-0.3, -0.25) is 0 Å². The molecular formula is C10H4O4. The van der Waals surface area contributed by atoms with Crippen LogP contribution in [-0.4, -0.2) is 22.2 Å². The summed E-state index contributed by atoms with van der Waals surface area (Å²) in [7, 11) is 0. The van der Waals surface area contributed by atoms with Crippen LogP contribution in [0.5, 0.6) is 0 Å². The Kier molecular flexibility index (Phi) is 5.71. The van der Waals surface area contributed by atoms with E-state index in [9.17, 15) is 9.59 Å². The number of carbonyl (C=O) groups is 2. The van der Waals surface area contributed by atoms with Crippen molar-refractivity contribution in [3.8, 4) is 35.5 Å². The molecule has 0 aromatic heterocycles. The zero-order valence-corrected chi connectivity index (χ0v) is 6.87. The molecule has 0 aliphatic rings. The molecule has 0 rings (SSSR count). The van der Waals surface area contributed by atoms with Crippen LogP contribution in [-0.2, 0) is 9.59 Å². The summed E-state index contributed by atoms with van der Waals surface area (Å²) in [4.78, 5) is 19.8. The Morgan fingerprint density at radius 2 is 1.64 bits per heavy atom. The van der Waals surface area contributed by atoms with E-state index in [4.69, 9.17) is 10.2 Å². The number of carboxylic acids is 2. The third-order valence-corrected chi connectivity index (χ3v) is 0.738. The lowest BCUT2D eigenvalue weighted by Gasteiger charge is -1.69. The Bertz CT molecular complexity index is 438. The van der Waals surface area contributed by atoms with Crippen molar-refractivity contribution in [1.82, 2.24) is 0 Å². The molecule has 0 aliphatic carbocycles. The maximum atomic E-state index is 9.93. The first-order chi connectivity index (χ1) is 6.63. The van der Waals surface area contributed by atoms with Crippen LogP contribution in [0.25, 0.3) is 0 Å². The van der Waals surface area contributed by atoms with Crippen LogP contribution in [0, 0.1) is 35.5 Å². The number of allylic oxidation sites excluding steroid dienone is 1. The van der Waals surface area contributed by atoms with Gasteiger partial charge in [0.1, 0.15) is 0 Å². The molecule has 0 bridgehead atoms. The molecule has 0 spiro atoms. The van der Waals surface area contributed by atoms with Crippen molar-refractivity contribution in [1.29, 1.82) is 0 Å². The molecule has 0 aliphatic heterocycles. The smallest absolute Gasteiger partial charge is 0.382 e. The second kappa shape index (κ2) is 7.03. The minimum Gasteiger partial charge on any atom is -0.478 e. The molecule has 0 saturated carbocycles. The molecule has 4 nitrogen and oxygen atoms in total. The van der Waals surface area contributed by atoms with E-state index in [-0.39, 0.29) is 0 Å². The van der Waals surface area contributed by atoms with Crippen LogP contribution < -0.4 is 0 Å². The minimum atomic E-state index is -1.27. The van der Waals surface area contributed by atoms with Gasteiger partial charge < -0.3 is 10.2 Å². The SMILES string of the molecule is O=C(O)C#CC#CC#C/C=C/C(=O)O. The van der Waals surface area contributed by atoms with Crippen molar-refractivity contribution >= 4 is 11.9 Å². The topological polar surface area (TPSA) is 74.6 Å². The predicted octanol–water partition coefficient (Wildman–Crippen LogP) is -0.278. The van der Waals surface area contributed by atoms with E-state index < -0.39 is 11.9 Å². The monoisotopic (exact) mass is 188 g/mol. The first kappa shape index (κ1) is 11.4. The molecule has 0 atom stereocenters. The van der Waals surface area contributed by atoms with Crippen LogP contribution >= 0.6 is 0 Å². The maximum absolute atomic E-state index is 9.93. The van der Waals surface area contributed by atoms with Gasteiger partial charge in [-0.15, -0.1) is 0 Å². The Hall–Kier alpha value is -2.64. The van der Waals surface area contributed by atoms with Crippen molar-refractivity contribution in [3.05, 3.63) is 12.2 Å². The Labute approximate surface area is 80.2 Å². The molecule has 0 aromatic rings. The van der Waals surface area contributed by atoms with Gasteiger partial charge in [0, 0.05) is 12.0 Å². The standard InChI is InChI=1S/C10H4O4/c11-9(12)7-5-3-1-2-4-6-8-10(13)14/h5,7H,(H,11,12)(H,13,14)/b7-5+. The molecular weight excluding hydrogens is 184 g/mol. The Morgan fingerprint density at radius 3 is 2.21 bits per heavy atom. The summed E-state index contributed by atoms with van der Waals surface area (Å²) < 4.78 is 0. The molecule has 0 saturated heterocycles. The maximum Gasteiger partial charge on any atom is 0.382 e. The first-order valence-electron chi connectivity index (χ1n) is 3.27. The summed E-state index contributed by atoms with van der Waals surface area (Å²) in [5.74, 6) is 10.4. The first-order valence-corrected chi connectivity index (χ1v) is 3.27. The van der Waals surface area contributed by atoms with E-state index in [0.29, 0.717) is 0 Å². The molecule has 4 heteroatoms. The normalized spacial score (nSPS) is 7.14. The molecule has 0 aromatic carbocycles. The van der Waals surface area contributed by atoms with E-state index in [1.807, 2.05) is 5.92 Å². The Morgan fingerprint density at radius 1 is 1.00 bits per heavy atom. The fraction of sp³-hybridized carbons (Fsp3) is 0. The van der Waals surface area contributed by atoms with Crippen molar-refractivity contribution in [2.45, 2.75) is 0 Å². The van der Waals surface area contributed by atoms with E-state index in [1.165, 1.54) is 0 Å². The molecule has 0 heterocycles. The number of carboxylic acid groups (broad SMARTS) is 2. The van der Waals surface area contributed by atoms with Gasteiger partial charge >= 0.3 is 11.9 Å². The summed E-state index contributed by atoms with van der Waals surface area (Å²) >= 11 is 0. The summed E-state index contributed by atoms with van der Waals surface area (Å²) in [5.41, 5.74) is 0. The van der Waals surface area contributed by atoms with Gasteiger partial charge in [-0.2, -0.15) is 0 Å². The summed E-state index contributed by atoms with van der Waals surface area (Å²) in [5, 5.41) is 16.2. The third-order valence-electron chi connectivity index (χ3n) is 0.738. The van der Waals surface area contributed by atoms with E-state index in [1.54, 1.807) is 5.92 Å². The van der Waals surface area contributed by atoms with E-state index in [2.05, 4.69) is 23.7 Å². The average Bonchev–Trinajstić information content (AvgIpc) is 2.08. The van der Waals surface area contributed by atoms with Crippen molar-refractivity contribution in [2.75, 3.05) is 0 Å². The molecule has 0 unspecified atom stereocenters. The zero-order chi connectivity index (χ0) is 10.8. The summed E-state index contributed by atoms with van der Waals surface area (Å²) in [6, 6.07) is 0.